The van der Waals surface area contributed by atoms with Gasteiger partial charge in [-0.25, -0.2) is 0 Å². The largest absolute Gasteiger partial charge is 0.358 e. The molecule has 3 heterocycles. The second-order valence-corrected chi connectivity index (χ2v) is 10.2. The van der Waals surface area contributed by atoms with Crippen molar-refractivity contribution in [3.63, 3.8) is 0 Å². The Bertz CT molecular complexity index is 1190. The molecule has 0 atom stereocenters. The second-order valence-electron chi connectivity index (χ2n) is 9.42. The third-order valence-electron chi connectivity index (χ3n) is 6.88. The van der Waals surface area contributed by atoms with Gasteiger partial charge < -0.3 is 20.4 Å². The average molecular weight is 507 g/mol. The molecule has 1 aromatic heterocycles. The molecule has 1 fully saturated rings. The van der Waals surface area contributed by atoms with E-state index in [0.29, 0.717) is 22.6 Å². The summed E-state index contributed by atoms with van der Waals surface area (Å²) in [7, 11) is 0. The standard InChI is InChI=1S/C27H31ClN6S/c1-19-10-13-33(14-11-19)24-16-25(34-15-12-20-6-2-3-8-22(20)18-34)31-26(30-24)32-27(35)29-17-21-7-4-5-9-23(21)28/h2-9,16,19H,10-15,17-18H2,1H3,(H2,29,30,31,32,35). The van der Waals surface area contributed by atoms with E-state index in [4.69, 9.17) is 33.8 Å². The lowest BCUT2D eigenvalue weighted by molar-refractivity contribution is 0.436. The maximum Gasteiger partial charge on any atom is 0.232 e. The predicted molar refractivity (Wildman–Crippen MR) is 148 cm³/mol. The molecule has 2 aromatic carbocycles. The molecule has 0 unspecified atom stereocenters. The van der Waals surface area contributed by atoms with Gasteiger partial charge in [-0.1, -0.05) is 61.0 Å². The van der Waals surface area contributed by atoms with Crippen molar-refractivity contribution in [3.8, 4) is 0 Å². The highest BCUT2D eigenvalue weighted by Gasteiger charge is 2.22. The zero-order valence-corrected chi connectivity index (χ0v) is 21.6. The van der Waals surface area contributed by atoms with Gasteiger partial charge >= 0.3 is 0 Å². The third-order valence-corrected chi connectivity index (χ3v) is 7.50. The Morgan fingerprint density at radius 3 is 2.43 bits per heavy atom. The van der Waals surface area contributed by atoms with Gasteiger partial charge in [0.05, 0.1) is 0 Å². The van der Waals surface area contributed by atoms with E-state index in [9.17, 15) is 0 Å². The lowest BCUT2D eigenvalue weighted by Gasteiger charge is -2.33. The molecule has 6 nitrogen and oxygen atoms in total. The van der Waals surface area contributed by atoms with Gasteiger partial charge in [0, 0.05) is 43.8 Å². The van der Waals surface area contributed by atoms with Crippen LogP contribution in [0.25, 0.3) is 0 Å². The van der Waals surface area contributed by atoms with Gasteiger partial charge in [0.2, 0.25) is 5.95 Å². The van der Waals surface area contributed by atoms with Crippen LogP contribution in [0.4, 0.5) is 17.6 Å². The lowest BCUT2D eigenvalue weighted by atomic mass is 9.99. The first-order valence-electron chi connectivity index (χ1n) is 12.3. The number of nitrogens with zero attached hydrogens (tertiary/aromatic N) is 4. The van der Waals surface area contributed by atoms with Crippen molar-refractivity contribution in [2.75, 3.05) is 34.8 Å². The number of piperidine rings is 1. The molecule has 0 radical (unpaired) electrons. The minimum absolute atomic E-state index is 0.476. The Morgan fingerprint density at radius 2 is 1.66 bits per heavy atom. The summed E-state index contributed by atoms with van der Waals surface area (Å²) in [6.07, 6.45) is 3.37. The van der Waals surface area contributed by atoms with Crippen LogP contribution in [0.3, 0.4) is 0 Å². The van der Waals surface area contributed by atoms with Crippen molar-refractivity contribution < 1.29 is 0 Å². The number of hydrogen-bond donors (Lipinski definition) is 2. The van der Waals surface area contributed by atoms with Crippen molar-refractivity contribution in [2.24, 2.45) is 5.92 Å². The van der Waals surface area contributed by atoms with Crippen LogP contribution in [0.1, 0.15) is 36.5 Å². The first kappa shape index (κ1) is 23.8. The molecule has 0 bridgehead atoms. The van der Waals surface area contributed by atoms with Gasteiger partial charge in [-0.2, -0.15) is 9.97 Å². The van der Waals surface area contributed by atoms with Gasteiger partial charge in [0.15, 0.2) is 5.11 Å². The summed E-state index contributed by atoms with van der Waals surface area (Å²) in [6, 6.07) is 18.5. The minimum atomic E-state index is 0.476. The fourth-order valence-electron chi connectivity index (χ4n) is 4.69. The van der Waals surface area contributed by atoms with E-state index in [0.717, 1.165) is 55.7 Å². The first-order chi connectivity index (χ1) is 17.0. The van der Waals surface area contributed by atoms with Crippen LogP contribution in [0.5, 0.6) is 0 Å². The molecule has 2 aliphatic heterocycles. The van der Waals surface area contributed by atoms with Crippen LogP contribution in [0.15, 0.2) is 54.6 Å². The first-order valence-corrected chi connectivity index (χ1v) is 13.1. The van der Waals surface area contributed by atoms with Crippen molar-refractivity contribution in [2.45, 2.75) is 39.3 Å². The fourth-order valence-corrected chi connectivity index (χ4v) is 5.06. The quantitative estimate of drug-likeness (QED) is 0.448. The summed E-state index contributed by atoms with van der Waals surface area (Å²) in [5.74, 6) is 3.16. The van der Waals surface area contributed by atoms with Crippen molar-refractivity contribution >= 4 is 46.5 Å². The van der Waals surface area contributed by atoms with Crippen LogP contribution in [0, 0.1) is 5.92 Å². The van der Waals surface area contributed by atoms with E-state index in [-0.39, 0.29) is 0 Å². The highest BCUT2D eigenvalue weighted by Crippen LogP contribution is 2.29. The molecule has 0 saturated carbocycles. The van der Waals surface area contributed by atoms with Crippen LogP contribution in [-0.4, -0.2) is 34.7 Å². The number of halogens is 1. The summed E-state index contributed by atoms with van der Waals surface area (Å²) >= 11 is 11.9. The average Bonchev–Trinajstić information content (AvgIpc) is 2.88. The molecule has 0 amide bonds. The number of benzene rings is 2. The van der Waals surface area contributed by atoms with E-state index >= 15 is 0 Å². The topological polar surface area (TPSA) is 56.3 Å². The van der Waals surface area contributed by atoms with Crippen LogP contribution in [0.2, 0.25) is 5.02 Å². The van der Waals surface area contributed by atoms with Crippen LogP contribution >= 0.6 is 23.8 Å². The number of aromatic nitrogens is 2. The summed E-state index contributed by atoms with van der Waals surface area (Å²) in [5, 5.41) is 7.65. The van der Waals surface area contributed by atoms with Gasteiger partial charge in [-0.15, -0.1) is 0 Å². The number of fused-ring (bicyclic) bond motifs is 1. The zero-order valence-electron chi connectivity index (χ0n) is 20.0. The Hall–Kier alpha value is -2.90. The Labute approximate surface area is 217 Å². The van der Waals surface area contributed by atoms with E-state index < -0.39 is 0 Å². The highest BCUT2D eigenvalue weighted by molar-refractivity contribution is 7.80. The monoisotopic (exact) mass is 506 g/mol. The fraction of sp³-hybridized carbons (Fsp3) is 0.370. The predicted octanol–water partition coefficient (Wildman–Crippen LogP) is 5.42. The van der Waals surface area contributed by atoms with Crippen molar-refractivity contribution in [1.29, 1.82) is 0 Å². The van der Waals surface area contributed by atoms with E-state index in [2.05, 4.69) is 57.7 Å². The molecular formula is C27H31ClN6S. The SMILES string of the molecule is CC1CCN(c2cc(N3CCc4ccccc4C3)nc(NC(=S)NCc3ccccc3Cl)n2)CC1. The van der Waals surface area contributed by atoms with Gasteiger partial charge in [-0.05, 0) is 60.2 Å². The Kier molecular flexibility index (Phi) is 7.35. The Morgan fingerprint density at radius 1 is 0.971 bits per heavy atom. The number of anilines is 3. The summed E-state index contributed by atoms with van der Waals surface area (Å²) < 4.78 is 0. The molecule has 0 spiro atoms. The maximum absolute atomic E-state index is 6.29. The lowest BCUT2D eigenvalue weighted by Crippen LogP contribution is -2.35. The molecule has 2 N–H and O–H groups in total. The van der Waals surface area contributed by atoms with E-state index in [1.54, 1.807) is 0 Å². The van der Waals surface area contributed by atoms with Crippen LogP contribution in [-0.2, 0) is 19.5 Å². The smallest absolute Gasteiger partial charge is 0.232 e. The maximum atomic E-state index is 6.29. The van der Waals surface area contributed by atoms with Crippen molar-refractivity contribution in [3.05, 3.63) is 76.3 Å². The molecular weight excluding hydrogens is 476 g/mol. The number of rotatable bonds is 5. The van der Waals surface area contributed by atoms with Gasteiger partial charge in [-0.3, -0.25) is 0 Å². The zero-order chi connectivity index (χ0) is 24.2. The molecule has 1 saturated heterocycles. The molecule has 5 rings (SSSR count). The Balaban J connectivity index is 1.36. The number of thiocarbonyl (C=S) groups is 1. The molecule has 182 valence electrons. The van der Waals surface area contributed by atoms with E-state index in [1.165, 1.54) is 24.0 Å². The normalized spacial score (nSPS) is 16.1. The molecule has 8 heteroatoms. The van der Waals surface area contributed by atoms with Crippen molar-refractivity contribution in [1.82, 2.24) is 15.3 Å². The third kappa shape index (κ3) is 5.85. The molecule has 3 aromatic rings. The highest BCUT2D eigenvalue weighted by atomic mass is 35.5. The minimum Gasteiger partial charge on any atom is -0.358 e. The summed E-state index contributed by atoms with van der Waals surface area (Å²) in [5.41, 5.74) is 3.77. The second kappa shape index (κ2) is 10.8. The molecule has 35 heavy (non-hydrogen) atoms. The van der Waals surface area contributed by atoms with Crippen LogP contribution < -0.4 is 20.4 Å². The van der Waals surface area contributed by atoms with Gasteiger partial charge in [0.1, 0.15) is 11.6 Å². The van der Waals surface area contributed by atoms with Gasteiger partial charge in [0.25, 0.3) is 0 Å². The number of hydrogen-bond acceptors (Lipinski definition) is 5. The van der Waals surface area contributed by atoms with E-state index in [1.807, 2.05) is 24.3 Å². The number of nitrogens with one attached hydrogen (secondary N) is 2. The molecule has 2 aliphatic rings. The summed E-state index contributed by atoms with van der Waals surface area (Å²) in [4.78, 5) is 14.4. The molecule has 0 aliphatic carbocycles. The summed E-state index contributed by atoms with van der Waals surface area (Å²) in [6.45, 7) is 6.65.